The van der Waals surface area contributed by atoms with Gasteiger partial charge in [-0.2, -0.15) is 0 Å². The maximum atomic E-state index is 12.3. The molecule has 0 radical (unpaired) electrons. The first-order valence-corrected chi connectivity index (χ1v) is 8.49. The first-order valence-electron chi connectivity index (χ1n) is 8.49. The molecular weight excluding hydrogens is 332 g/mol. The van der Waals surface area contributed by atoms with Crippen LogP contribution in [0.5, 0.6) is 5.75 Å². The lowest BCUT2D eigenvalue weighted by atomic mass is 10.0. The van der Waals surface area contributed by atoms with Crippen molar-refractivity contribution < 1.29 is 24.2 Å². The molecule has 2 rings (SSSR count). The van der Waals surface area contributed by atoms with Crippen molar-refractivity contribution >= 4 is 17.5 Å². The van der Waals surface area contributed by atoms with Gasteiger partial charge < -0.3 is 9.84 Å². The van der Waals surface area contributed by atoms with E-state index in [0.717, 1.165) is 6.42 Å². The number of Topliss-reactive ketones (excluding diaryl/α,β-unsaturated/α-hetero) is 2. The number of ketones is 2. The van der Waals surface area contributed by atoms with Crippen LogP contribution in [-0.4, -0.2) is 29.2 Å². The summed E-state index contributed by atoms with van der Waals surface area (Å²) in [6.07, 6.45) is 0.690. The third-order valence-corrected chi connectivity index (χ3v) is 3.92. The lowest BCUT2D eigenvalue weighted by Gasteiger charge is -2.08. The Morgan fingerprint density at radius 2 is 1.31 bits per heavy atom. The third kappa shape index (κ3) is 5.55. The van der Waals surface area contributed by atoms with E-state index in [0.29, 0.717) is 29.4 Å². The van der Waals surface area contributed by atoms with Crippen LogP contribution in [0.15, 0.2) is 48.5 Å². The second-order valence-corrected chi connectivity index (χ2v) is 6.46. The van der Waals surface area contributed by atoms with Gasteiger partial charge in [0.25, 0.3) is 0 Å². The Bertz CT molecular complexity index is 773. The molecule has 26 heavy (non-hydrogen) atoms. The van der Waals surface area contributed by atoms with Gasteiger partial charge in [0.15, 0.2) is 11.6 Å². The van der Waals surface area contributed by atoms with Crippen LogP contribution in [-0.2, 0) is 0 Å². The number of benzene rings is 2. The maximum Gasteiger partial charge on any atom is 0.335 e. The van der Waals surface area contributed by atoms with Gasteiger partial charge >= 0.3 is 5.97 Å². The number of hydrogen-bond acceptors (Lipinski definition) is 4. The number of carbonyl (C=O) groups excluding carboxylic acids is 2. The van der Waals surface area contributed by atoms with Gasteiger partial charge in [0, 0.05) is 11.1 Å². The molecular formula is C21H22O5. The number of ether oxygens (including phenoxy) is 1. The summed E-state index contributed by atoms with van der Waals surface area (Å²) in [7, 11) is 0. The second kappa shape index (κ2) is 8.94. The zero-order valence-electron chi connectivity index (χ0n) is 14.9. The first-order chi connectivity index (χ1) is 12.4. The lowest BCUT2D eigenvalue weighted by Crippen LogP contribution is -2.09. The molecule has 0 amide bonds. The highest BCUT2D eigenvalue weighted by Crippen LogP contribution is 2.16. The minimum atomic E-state index is -1.06. The fraction of sp³-hybridized carbons (Fsp3) is 0.286. The Morgan fingerprint density at radius 1 is 0.846 bits per heavy atom. The van der Waals surface area contributed by atoms with Crippen molar-refractivity contribution in [3.8, 4) is 5.75 Å². The fourth-order valence-corrected chi connectivity index (χ4v) is 2.30. The summed E-state index contributed by atoms with van der Waals surface area (Å²) in [4.78, 5) is 35.3. The van der Waals surface area contributed by atoms with Crippen LogP contribution in [0, 0.1) is 5.92 Å². The molecule has 0 aliphatic rings. The molecule has 0 fully saturated rings. The molecule has 0 spiro atoms. The number of aromatic carboxylic acids is 1. The molecule has 5 nitrogen and oxygen atoms in total. The summed E-state index contributed by atoms with van der Waals surface area (Å²) in [5.41, 5.74) is 0.856. The third-order valence-electron chi connectivity index (χ3n) is 3.92. The van der Waals surface area contributed by atoms with Crippen LogP contribution in [0.4, 0.5) is 0 Å². The van der Waals surface area contributed by atoms with Crippen molar-refractivity contribution in [1.29, 1.82) is 0 Å². The molecule has 1 N–H and O–H groups in total. The Balaban J connectivity index is 1.94. The predicted octanol–water partition coefficient (Wildman–Crippen LogP) is 4.27. The Hall–Kier alpha value is -2.95. The Labute approximate surface area is 152 Å². The summed E-state index contributed by atoms with van der Waals surface area (Å²) in [6, 6.07) is 12.3. The van der Waals surface area contributed by atoms with E-state index in [2.05, 4.69) is 13.8 Å². The summed E-state index contributed by atoms with van der Waals surface area (Å²) < 4.78 is 5.61. The quantitative estimate of drug-likeness (QED) is 0.537. The molecule has 0 heterocycles. The van der Waals surface area contributed by atoms with Crippen molar-refractivity contribution in [1.82, 2.24) is 0 Å². The summed E-state index contributed by atoms with van der Waals surface area (Å²) in [5, 5.41) is 8.86. The van der Waals surface area contributed by atoms with Crippen LogP contribution in [0.2, 0.25) is 0 Å². The van der Waals surface area contributed by atoms with Crippen LogP contribution < -0.4 is 4.74 Å². The molecule has 136 valence electrons. The standard InChI is InChI=1S/C21H22O5/c1-14(2)11-12-26-18-9-7-16(8-10-18)20(23)13-19(22)15-3-5-17(6-4-15)21(24)25/h3-10,14H,11-13H2,1-2H3,(H,24,25). The highest BCUT2D eigenvalue weighted by Gasteiger charge is 2.14. The number of rotatable bonds is 9. The Kier molecular flexibility index (Phi) is 6.67. The van der Waals surface area contributed by atoms with E-state index in [4.69, 9.17) is 9.84 Å². The van der Waals surface area contributed by atoms with Gasteiger partial charge in [-0.3, -0.25) is 9.59 Å². The van der Waals surface area contributed by atoms with E-state index in [9.17, 15) is 14.4 Å². The number of carboxylic acids is 1. The topological polar surface area (TPSA) is 80.7 Å². The molecule has 5 heteroatoms. The molecule has 0 aromatic heterocycles. The van der Waals surface area contributed by atoms with Gasteiger partial charge in [0.1, 0.15) is 5.75 Å². The summed E-state index contributed by atoms with van der Waals surface area (Å²) in [6.45, 7) is 4.87. The van der Waals surface area contributed by atoms with Gasteiger partial charge in [-0.25, -0.2) is 4.79 Å². The van der Waals surface area contributed by atoms with Gasteiger partial charge in [-0.15, -0.1) is 0 Å². The molecule has 0 aliphatic heterocycles. The molecule has 0 saturated heterocycles. The Morgan fingerprint density at radius 3 is 1.77 bits per heavy atom. The first kappa shape index (κ1) is 19.4. The highest BCUT2D eigenvalue weighted by atomic mass is 16.5. The van der Waals surface area contributed by atoms with E-state index in [1.54, 1.807) is 24.3 Å². The van der Waals surface area contributed by atoms with Crippen molar-refractivity contribution in [2.75, 3.05) is 6.61 Å². The fourth-order valence-electron chi connectivity index (χ4n) is 2.30. The molecule has 0 atom stereocenters. The SMILES string of the molecule is CC(C)CCOc1ccc(C(=O)CC(=O)c2ccc(C(=O)O)cc2)cc1. The van der Waals surface area contributed by atoms with E-state index in [1.807, 2.05) is 0 Å². The zero-order valence-corrected chi connectivity index (χ0v) is 14.9. The van der Waals surface area contributed by atoms with Gasteiger partial charge in [0.05, 0.1) is 18.6 Å². The number of carbonyl (C=O) groups is 3. The number of carboxylic acid groups (broad SMARTS) is 1. The van der Waals surface area contributed by atoms with Gasteiger partial charge in [-0.05, 0) is 48.7 Å². The van der Waals surface area contributed by atoms with Crippen molar-refractivity contribution in [3.63, 3.8) is 0 Å². The van der Waals surface area contributed by atoms with E-state index >= 15 is 0 Å². The molecule has 0 aliphatic carbocycles. The van der Waals surface area contributed by atoms with E-state index in [1.165, 1.54) is 24.3 Å². The highest BCUT2D eigenvalue weighted by molar-refractivity contribution is 6.13. The molecule has 2 aromatic carbocycles. The largest absolute Gasteiger partial charge is 0.494 e. The van der Waals surface area contributed by atoms with E-state index in [-0.39, 0.29) is 23.6 Å². The van der Waals surface area contributed by atoms with Gasteiger partial charge in [0.2, 0.25) is 0 Å². The molecule has 0 unspecified atom stereocenters. The summed E-state index contributed by atoms with van der Waals surface area (Å²) >= 11 is 0. The minimum Gasteiger partial charge on any atom is -0.494 e. The molecule has 0 bridgehead atoms. The van der Waals surface area contributed by atoms with E-state index < -0.39 is 5.97 Å². The smallest absolute Gasteiger partial charge is 0.335 e. The summed E-state index contributed by atoms with van der Waals surface area (Å²) in [5.74, 6) is -0.435. The monoisotopic (exact) mass is 354 g/mol. The van der Waals surface area contributed by atoms with Crippen LogP contribution in [0.25, 0.3) is 0 Å². The van der Waals surface area contributed by atoms with Crippen LogP contribution >= 0.6 is 0 Å². The second-order valence-electron chi connectivity index (χ2n) is 6.46. The normalized spacial score (nSPS) is 10.6. The lowest BCUT2D eigenvalue weighted by molar-refractivity contribution is 0.0695. The maximum absolute atomic E-state index is 12.3. The predicted molar refractivity (Wildman–Crippen MR) is 98.1 cm³/mol. The van der Waals surface area contributed by atoms with Crippen molar-refractivity contribution in [2.45, 2.75) is 26.7 Å². The van der Waals surface area contributed by atoms with Crippen molar-refractivity contribution in [2.24, 2.45) is 5.92 Å². The van der Waals surface area contributed by atoms with Gasteiger partial charge in [-0.1, -0.05) is 26.0 Å². The average Bonchev–Trinajstić information content (AvgIpc) is 2.62. The van der Waals surface area contributed by atoms with Crippen LogP contribution in [0.3, 0.4) is 0 Å². The average molecular weight is 354 g/mol. The molecule has 0 saturated carbocycles. The minimum absolute atomic E-state index is 0.0981. The van der Waals surface area contributed by atoms with Crippen molar-refractivity contribution in [3.05, 3.63) is 65.2 Å². The molecule has 2 aromatic rings. The van der Waals surface area contributed by atoms with Crippen LogP contribution in [0.1, 0.15) is 57.8 Å². The zero-order chi connectivity index (χ0) is 19.1. The number of hydrogen-bond donors (Lipinski definition) is 1.